The van der Waals surface area contributed by atoms with Crippen molar-refractivity contribution in [1.29, 1.82) is 0 Å². The van der Waals surface area contributed by atoms with Gasteiger partial charge in [-0.05, 0) is 35.9 Å². The Hall–Kier alpha value is -4.21. The van der Waals surface area contributed by atoms with Crippen LogP contribution in [0.25, 0.3) is 23.1 Å². The van der Waals surface area contributed by atoms with Gasteiger partial charge in [0.05, 0.1) is 25.9 Å². The minimum atomic E-state index is -0.564. The Morgan fingerprint density at radius 1 is 1.06 bits per heavy atom. The summed E-state index contributed by atoms with van der Waals surface area (Å²) in [5.41, 5.74) is 1.72. The number of carbonyl (C=O) groups is 1. The van der Waals surface area contributed by atoms with Gasteiger partial charge in [0.25, 0.3) is 5.69 Å². The number of nitro benzene ring substituents is 1. The van der Waals surface area contributed by atoms with Gasteiger partial charge in [0.1, 0.15) is 5.75 Å². The lowest BCUT2D eigenvalue weighted by Gasteiger charge is -2.10. The van der Waals surface area contributed by atoms with Crippen molar-refractivity contribution < 1.29 is 19.6 Å². The first kappa shape index (κ1) is 23.9. The zero-order valence-electron chi connectivity index (χ0n) is 18.0. The number of hydrogen-bond donors (Lipinski definition) is 2. The number of nitrogens with one attached hydrogen (secondary N) is 1. The quantitative estimate of drug-likeness (QED) is 0.100. The molecular formula is C24H16Cl2N4O5. The van der Waals surface area contributed by atoms with E-state index < -0.39 is 16.8 Å². The summed E-state index contributed by atoms with van der Waals surface area (Å²) in [7, 11) is 0. The molecule has 0 amide bonds. The first-order valence-electron chi connectivity index (χ1n) is 10.1. The molecule has 4 aromatic rings. The number of aromatic hydroxyl groups is 1. The molecule has 0 aliphatic carbocycles. The summed E-state index contributed by atoms with van der Waals surface area (Å²) in [4.78, 5) is 30.4. The fourth-order valence-electron chi connectivity index (χ4n) is 3.22. The maximum Gasteiger partial charge on any atom is 0.308 e. The SMILES string of the molecule is CC(=O)Oc1ccc(/C=C/c2cc([N+](=O)[O-])cc3c(O)nc(Nc4ccc(Cl)c(Cl)c4)nc23)cc1. The molecule has 3 aromatic carbocycles. The van der Waals surface area contributed by atoms with Crippen molar-refractivity contribution in [3.05, 3.63) is 85.9 Å². The number of halogens is 2. The third-order valence-electron chi connectivity index (χ3n) is 4.78. The van der Waals surface area contributed by atoms with Crippen LogP contribution >= 0.6 is 23.2 Å². The third kappa shape index (κ3) is 5.65. The van der Waals surface area contributed by atoms with E-state index in [1.54, 1.807) is 54.6 Å². The molecule has 4 rings (SSSR count). The van der Waals surface area contributed by atoms with E-state index in [-0.39, 0.29) is 17.0 Å². The predicted octanol–water partition coefficient (Wildman–Crippen LogP) is 6.39. The van der Waals surface area contributed by atoms with Crippen LogP contribution in [0.3, 0.4) is 0 Å². The number of fused-ring (bicyclic) bond motifs is 1. The van der Waals surface area contributed by atoms with Crippen molar-refractivity contribution in [2.24, 2.45) is 0 Å². The molecule has 0 spiro atoms. The molecule has 0 atom stereocenters. The largest absolute Gasteiger partial charge is 0.493 e. The highest BCUT2D eigenvalue weighted by atomic mass is 35.5. The molecule has 1 heterocycles. The third-order valence-corrected chi connectivity index (χ3v) is 5.52. The Morgan fingerprint density at radius 3 is 2.46 bits per heavy atom. The summed E-state index contributed by atoms with van der Waals surface area (Å²) in [6, 6.07) is 14.1. The van der Waals surface area contributed by atoms with E-state index in [4.69, 9.17) is 27.9 Å². The van der Waals surface area contributed by atoms with Crippen LogP contribution in [0, 0.1) is 10.1 Å². The van der Waals surface area contributed by atoms with E-state index in [2.05, 4.69) is 15.3 Å². The number of aromatic nitrogens is 2. The van der Waals surface area contributed by atoms with Gasteiger partial charge >= 0.3 is 5.97 Å². The van der Waals surface area contributed by atoms with E-state index in [0.29, 0.717) is 32.6 Å². The van der Waals surface area contributed by atoms with E-state index in [1.165, 1.54) is 19.1 Å². The fourth-order valence-corrected chi connectivity index (χ4v) is 3.52. The molecule has 0 saturated heterocycles. The maximum absolute atomic E-state index is 11.5. The number of benzene rings is 3. The van der Waals surface area contributed by atoms with Crippen molar-refractivity contribution in [3.63, 3.8) is 0 Å². The van der Waals surface area contributed by atoms with E-state index in [9.17, 15) is 20.0 Å². The predicted molar refractivity (Wildman–Crippen MR) is 134 cm³/mol. The molecule has 2 N–H and O–H groups in total. The fraction of sp³-hybridized carbons (Fsp3) is 0.0417. The molecule has 0 bridgehead atoms. The highest BCUT2D eigenvalue weighted by Crippen LogP contribution is 2.33. The number of carbonyl (C=O) groups excluding carboxylic acids is 1. The number of esters is 1. The van der Waals surface area contributed by atoms with E-state index in [1.807, 2.05) is 0 Å². The van der Waals surface area contributed by atoms with Crippen molar-refractivity contribution >= 4 is 69.5 Å². The molecule has 0 fully saturated rings. The summed E-state index contributed by atoms with van der Waals surface area (Å²) < 4.78 is 5.02. The monoisotopic (exact) mass is 510 g/mol. The van der Waals surface area contributed by atoms with Gasteiger partial charge in [-0.25, -0.2) is 4.98 Å². The maximum atomic E-state index is 11.5. The molecule has 11 heteroatoms. The minimum Gasteiger partial charge on any atom is -0.493 e. The molecule has 9 nitrogen and oxygen atoms in total. The highest BCUT2D eigenvalue weighted by molar-refractivity contribution is 6.42. The van der Waals surface area contributed by atoms with Gasteiger partial charge in [0.15, 0.2) is 0 Å². The smallest absolute Gasteiger partial charge is 0.308 e. The molecule has 35 heavy (non-hydrogen) atoms. The first-order chi connectivity index (χ1) is 16.7. The molecule has 0 aliphatic rings. The molecule has 1 aromatic heterocycles. The Labute approximate surface area is 208 Å². The summed E-state index contributed by atoms with van der Waals surface area (Å²) in [6.07, 6.45) is 3.34. The van der Waals surface area contributed by atoms with Crippen LogP contribution in [0.15, 0.2) is 54.6 Å². The van der Waals surface area contributed by atoms with Crippen LogP contribution in [0.2, 0.25) is 10.0 Å². The van der Waals surface area contributed by atoms with Gasteiger partial charge in [-0.3, -0.25) is 14.9 Å². The number of hydrogen-bond acceptors (Lipinski definition) is 8. The molecule has 0 unspecified atom stereocenters. The Balaban J connectivity index is 1.75. The van der Waals surface area contributed by atoms with Crippen LogP contribution < -0.4 is 10.1 Å². The van der Waals surface area contributed by atoms with Gasteiger partial charge in [-0.1, -0.05) is 47.5 Å². The minimum absolute atomic E-state index is 0.0580. The Bertz CT molecular complexity index is 1490. The normalized spacial score (nSPS) is 11.1. The lowest BCUT2D eigenvalue weighted by molar-refractivity contribution is -0.384. The first-order valence-corrected chi connectivity index (χ1v) is 10.8. The summed E-state index contributed by atoms with van der Waals surface area (Å²) in [5, 5.41) is 25.7. The molecule has 176 valence electrons. The van der Waals surface area contributed by atoms with Crippen LogP contribution in [0.5, 0.6) is 11.6 Å². The van der Waals surface area contributed by atoms with Crippen molar-refractivity contribution in [3.8, 4) is 11.6 Å². The number of ether oxygens (including phenoxy) is 1. The van der Waals surface area contributed by atoms with E-state index in [0.717, 1.165) is 5.56 Å². The van der Waals surface area contributed by atoms with Gasteiger partial charge in [-0.2, -0.15) is 4.98 Å². The zero-order valence-corrected chi connectivity index (χ0v) is 19.5. The van der Waals surface area contributed by atoms with Gasteiger partial charge in [-0.15, -0.1) is 0 Å². The highest BCUT2D eigenvalue weighted by Gasteiger charge is 2.17. The van der Waals surface area contributed by atoms with Crippen molar-refractivity contribution in [1.82, 2.24) is 9.97 Å². The van der Waals surface area contributed by atoms with Crippen LogP contribution in [0.4, 0.5) is 17.3 Å². The Morgan fingerprint density at radius 2 is 1.80 bits per heavy atom. The standard InChI is InChI=1S/C24H16Cl2N4O5/c1-13(31)35-18-7-3-14(4-8-18)2-5-15-10-17(30(33)34)12-19-22(15)28-24(29-23(19)32)27-16-6-9-20(25)21(26)11-16/h2-12H,1H3,(H2,27,28,29,32)/b5-2+. The van der Waals surface area contributed by atoms with Crippen molar-refractivity contribution in [2.75, 3.05) is 5.32 Å². The van der Waals surface area contributed by atoms with Crippen LogP contribution in [-0.4, -0.2) is 26.0 Å². The van der Waals surface area contributed by atoms with Gasteiger partial charge in [0.2, 0.25) is 11.8 Å². The topological polar surface area (TPSA) is 127 Å². The second-order valence-electron chi connectivity index (χ2n) is 7.31. The van der Waals surface area contributed by atoms with Gasteiger partial charge < -0.3 is 15.2 Å². The molecule has 0 aliphatic heterocycles. The average molecular weight is 511 g/mol. The number of non-ortho nitro benzene ring substituents is 1. The number of rotatable bonds is 6. The average Bonchev–Trinajstić information content (AvgIpc) is 2.80. The summed E-state index contributed by atoms with van der Waals surface area (Å²) >= 11 is 12.0. The number of nitrogens with zero attached hydrogens (tertiary/aromatic N) is 3. The zero-order chi connectivity index (χ0) is 25.1. The number of nitro groups is 1. The second-order valence-corrected chi connectivity index (χ2v) is 8.12. The lowest BCUT2D eigenvalue weighted by Crippen LogP contribution is -2.00. The molecule has 0 radical (unpaired) electrons. The number of anilines is 2. The summed E-state index contributed by atoms with van der Waals surface area (Å²) in [6.45, 7) is 1.31. The van der Waals surface area contributed by atoms with Crippen LogP contribution in [0.1, 0.15) is 18.1 Å². The van der Waals surface area contributed by atoms with Crippen molar-refractivity contribution in [2.45, 2.75) is 6.92 Å². The molecule has 0 saturated carbocycles. The Kier molecular flexibility index (Phi) is 6.81. The second kappa shape index (κ2) is 9.96. The van der Waals surface area contributed by atoms with Crippen LogP contribution in [-0.2, 0) is 4.79 Å². The lowest BCUT2D eigenvalue weighted by atomic mass is 10.1. The molecular weight excluding hydrogens is 495 g/mol. The summed E-state index contributed by atoms with van der Waals surface area (Å²) in [5.74, 6) is -0.406. The van der Waals surface area contributed by atoms with Gasteiger partial charge in [0, 0.05) is 30.3 Å². The van der Waals surface area contributed by atoms with E-state index >= 15 is 0 Å².